The highest BCUT2D eigenvalue weighted by Crippen LogP contribution is 2.22. The fraction of sp³-hybridized carbons (Fsp3) is 0.188. The van der Waals surface area contributed by atoms with E-state index in [1.165, 1.54) is 6.07 Å². The molecule has 0 saturated heterocycles. The second kappa shape index (κ2) is 5.06. The molecule has 0 aliphatic heterocycles. The first kappa shape index (κ1) is 12.8. The van der Waals surface area contributed by atoms with E-state index < -0.39 is 6.10 Å². The van der Waals surface area contributed by atoms with E-state index in [4.69, 9.17) is 0 Å². The van der Waals surface area contributed by atoms with Gasteiger partial charge in [0.25, 0.3) is 0 Å². The monoisotopic (exact) mass is 270 g/mol. The number of rotatable bonds is 3. The number of nitrogens with zero attached hydrogens (tertiary/aromatic N) is 2. The van der Waals surface area contributed by atoms with Crippen molar-refractivity contribution in [1.82, 2.24) is 9.55 Å². The second-order valence-corrected chi connectivity index (χ2v) is 4.81. The summed E-state index contributed by atoms with van der Waals surface area (Å²) in [6.07, 6.45) is -0.700. The van der Waals surface area contributed by atoms with Gasteiger partial charge in [-0.25, -0.2) is 9.37 Å². The minimum atomic E-state index is -0.700. The topological polar surface area (TPSA) is 38.1 Å². The first-order valence-corrected chi connectivity index (χ1v) is 6.53. The number of halogens is 1. The molecule has 0 bridgehead atoms. The molecule has 0 spiro atoms. The van der Waals surface area contributed by atoms with E-state index in [1.54, 1.807) is 25.1 Å². The van der Waals surface area contributed by atoms with E-state index >= 15 is 0 Å². The summed E-state index contributed by atoms with van der Waals surface area (Å²) in [6, 6.07) is 14.3. The second-order valence-electron chi connectivity index (χ2n) is 4.81. The lowest BCUT2D eigenvalue weighted by atomic mass is 10.2. The number of hydrogen-bond donors (Lipinski definition) is 1. The molecule has 2 aromatic carbocycles. The normalized spacial score (nSPS) is 12.8. The van der Waals surface area contributed by atoms with Crippen molar-refractivity contribution in [1.29, 1.82) is 0 Å². The molecule has 1 aromatic heterocycles. The number of hydrogen-bond acceptors (Lipinski definition) is 2. The number of imidazole rings is 1. The van der Waals surface area contributed by atoms with Crippen molar-refractivity contribution in [2.75, 3.05) is 0 Å². The number of fused-ring (bicyclic) bond motifs is 1. The summed E-state index contributed by atoms with van der Waals surface area (Å²) in [5, 5.41) is 9.88. The Morgan fingerprint density at radius 2 is 1.85 bits per heavy atom. The van der Waals surface area contributed by atoms with Gasteiger partial charge in [-0.3, -0.25) is 0 Å². The van der Waals surface area contributed by atoms with E-state index in [1.807, 2.05) is 28.8 Å². The molecule has 4 heteroatoms. The van der Waals surface area contributed by atoms with Gasteiger partial charge in [0.1, 0.15) is 17.7 Å². The lowest BCUT2D eigenvalue weighted by molar-refractivity contribution is 0.185. The average Bonchev–Trinajstić information content (AvgIpc) is 2.81. The van der Waals surface area contributed by atoms with E-state index in [2.05, 4.69) is 4.98 Å². The van der Waals surface area contributed by atoms with Gasteiger partial charge in [0.2, 0.25) is 0 Å². The molecule has 0 aliphatic carbocycles. The molecule has 0 amide bonds. The molecule has 0 saturated carbocycles. The summed E-state index contributed by atoms with van der Waals surface area (Å²) in [7, 11) is 0. The van der Waals surface area contributed by atoms with Gasteiger partial charge in [-0.1, -0.05) is 30.3 Å². The van der Waals surface area contributed by atoms with Gasteiger partial charge in [0, 0.05) is 5.56 Å². The van der Waals surface area contributed by atoms with Crippen LogP contribution in [0.3, 0.4) is 0 Å². The Bertz CT molecular complexity index is 749. The zero-order chi connectivity index (χ0) is 14.1. The van der Waals surface area contributed by atoms with E-state index in [0.717, 1.165) is 11.0 Å². The Morgan fingerprint density at radius 1 is 1.15 bits per heavy atom. The van der Waals surface area contributed by atoms with Crippen molar-refractivity contribution in [3.05, 3.63) is 65.7 Å². The summed E-state index contributed by atoms with van der Waals surface area (Å²) in [5.74, 6) is 0.302. The van der Waals surface area contributed by atoms with Crippen LogP contribution < -0.4 is 0 Å². The Kier molecular flexibility index (Phi) is 3.24. The fourth-order valence-electron chi connectivity index (χ4n) is 2.38. The maximum atomic E-state index is 13.8. The predicted molar refractivity (Wildman–Crippen MR) is 75.9 cm³/mol. The van der Waals surface area contributed by atoms with Crippen LogP contribution in [0.2, 0.25) is 0 Å². The molecule has 0 aliphatic rings. The minimum Gasteiger partial charge on any atom is -0.385 e. The van der Waals surface area contributed by atoms with Crippen molar-refractivity contribution < 1.29 is 9.50 Å². The van der Waals surface area contributed by atoms with Gasteiger partial charge in [-0.05, 0) is 25.1 Å². The molecular formula is C16H15FN2O. The molecule has 0 unspecified atom stereocenters. The lowest BCUT2D eigenvalue weighted by Crippen LogP contribution is -2.09. The molecule has 3 aromatic rings. The summed E-state index contributed by atoms with van der Waals surface area (Å²) in [4.78, 5) is 4.43. The van der Waals surface area contributed by atoms with Crippen LogP contribution in [0.4, 0.5) is 4.39 Å². The van der Waals surface area contributed by atoms with Gasteiger partial charge in [-0.2, -0.15) is 0 Å². The first-order valence-electron chi connectivity index (χ1n) is 6.53. The van der Waals surface area contributed by atoms with E-state index in [-0.39, 0.29) is 5.82 Å². The average molecular weight is 270 g/mol. The van der Waals surface area contributed by atoms with Crippen molar-refractivity contribution in [3.63, 3.8) is 0 Å². The number of aromatic nitrogens is 2. The lowest BCUT2D eigenvalue weighted by Gasteiger charge is -2.11. The Balaban J connectivity index is 2.14. The largest absolute Gasteiger partial charge is 0.385 e. The molecular weight excluding hydrogens is 255 g/mol. The number of aliphatic hydroxyl groups excluding tert-OH is 1. The molecule has 3 nitrogen and oxygen atoms in total. The summed E-state index contributed by atoms with van der Waals surface area (Å²) in [5.41, 5.74) is 2.28. The Morgan fingerprint density at radius 3 is 2.60 bits per heavy atom. The minimum absolute atomic E-state index is 0.248. The number of para-hydroxylation sites is 2. The highest BCUT2D eigenvalue weighted by molar-refractivity contribution is 5.76. The molecule has 3 rings (SSSR count). The zero-order valence-corrected chi connectivity index (χ0v) is 11.1. The molecule has 0 radical (unpaired) electrons. The first-order chi connectivity index (χ1) is 9.66. The van der Waals surface area contributed by atoms with Crippen LogP contribution in [0.1, 0.15) is 24.4 Å². The predicted octanol–water partition coefficient (Wildman–Crippen LogP) is 3.28. The molecule has 0 fully saturated rings. The van der Waals surface area contributed by atoms with Crippen LogP contribution in [-0.2, 0) is 6.54 Å². The quantitative estimate of drug-likeness (QED) is 0.793. The zero-order valence-electron chi connectivity index (χ0n) is 11.1. The van der Waals surface area contributed by atoms with E-state index in [9.17, 15) is 9.50 Å². The van der Waals surface area contributed by atoms with Crippen molar-refractivity contribution >= 4 is 11.0 Å². The van der Waals surface area contributed by atoms with Gasteiger partial charge in [0.15, 0.2) is 0 Å². The molecule has 1 heterocycles. The summed E-state index contributed by atoms with van der Waals surface area (Å²) >= 11 is 0. The molecule has 102 valence electrons. The van der Waals surface area contributed by atoms with Crippen LogP contribution in [0.15, 0.2) is 48.5 Å². The third-order valence-electron chi connectivity index (χ3n) is 3.34. The van der Waals surface area contributed by atoms with E-state index in [0.29, 0.717) is 17.9 Å². The maximum Gasteiger partial charge on any atom is 0.138 e. The Labute approximate surface area is 116 Å². The summed E-state index contributed by atoms with van der Waals surface area (Å²) in [6.45, 7) is 2.02. The third-order valence-corrected chi connectivity index (χ3v) is 3.34. The van der Waals surface area contributed by atoms with Gasteiger partial charge in [-0.15, -0.1) is 0 Å². The fourth-order valence-corrected chi connectivity index (χ4v) is 2.38. The highest BCUT2D eigenvalue weighted by Gasteiger charge is 2.15. The van der Waals surface area contributed by atoms with Crippen LogP contribution in [-0.4, -0.2) is 14.7 Å². The molecule has 1 atom stereocenters. The van der Waals surface area contributed by atoms with Gasteiger partial charge in [0.05, 0.1) is 17.6 Å². The SMILES string of the molecule is C[C@H](O)c1nc2ccccc2n1Cc1ccccc1F. The highest BCUT2D eigenvalue weighted by atomic mass is 19.1. The van der Waals surface area contributed by atoms with Gasteiger partial charge >= 0.3 is 0 Å². The van der Waals surface area contributed by atoms with Crippen LogP contribution >= 0.6 is 0 Å². The summed E-state index contributed by atoms with van der Waals surface area (Å²) < 4.78 is 15.7. The molecule has 1 N–H and O–H groups in total. The van der Waals surface area contributed by atoms with Crippen molar-refractivity contribution in [2.45, 2.75) is 19.6 Å². The van der Waals surface area contributed by atoms with Crippen LogP contribution in [0.5, 0.6) is 0 Å². The van der Waals surface area contributed by atoms with Crippen molar-refractivity contribution in [2.24, 2.45) is 0 Å². The Hall–Kier alpha value is -2.20. The number of benzene rings is 2. The van der Waals surface area contributed by atoms with Crippen LogP contribution in [0.25, 0.3) is 11.0 Å². The third kappa shape index (κ3) is 2.18. The standard InChI is InChI=1S/C16H15FN2O/c1-11(20)16-18-14-8-4-5-9-15(14)19(16)10-12-6-2-3-7-13(12)17/h2-9,11,20H,10H2,1H3/t11-/m0/s1. The van der Waals surface area contributed by atoms with Crippen LogP contribution in [0, 0.1) is 5.82 Å². The smallest absolute Gasteiger partial charge is 0.138 e. The molecule has 20 heavy (non-hydrogen) atoms. The van der Waals surface area contributed by atoms with Gasteiger partial charge < -0.3 is 9.67 Å². The number of aliphatic hydroxyl groups is 1. The van der Waals surface area contributed by atoms with Crippen molar-refractivity contribution in [3.8, 4) is 0 Å². The maximum absolute atomic E-state index is 13.8.